The minimum absolute atomic E-state index is 0.0483. The molecule has 1 saturated heterocycles. The second-order valence-electron chi connectivity index (χ2n) is 7.06. The molecular weight excluding hydrogens is 322 g/mol. The summed E-state index contributed by atoms with van der Waals surface area (Å²) in [5.74, 6) is 0.0483. The molecule has 0 spiro atoms. The molecule has 2 N–H and O–H groups in total. The zero-order chi connectivity index (χ0) is 18.2. The highest BCUT2D eigenvalue weighted by atomic mass is 16.1. The molecule has 1 aliphatic rings. The van der Waals surface area contributed by atoms with Crippen molar-refractivity contribution in [3.05, 3.63) is 59.7 Å². The predicted molar refractivity (Wildman–Crippen MR) is 109 cm³/mol. The van der Waals surface area contributed by atoms with Crippen LogP contribution >= 0.6 is 0 Å². The van der Waals surface area contributed by atoms with E-state index in [1.165, 1.54) is 36.1 Å². The number of piperidine rings is 1. The van der Waals surface area contributed by atoms with E-state index in [9.17, 15) is 4.79 Å². The Labute approximate surface area is 156 Å². The summed E-state index contributed by atoms with van der Waals surface area (Å²) >= 11 is 0. The number of anilines is 2. The molecule has 26 heavy (non-hydrogen) atoms. The molecule has 1 aliphatic heterocycles. The third-order valence-corrected chi connectivity index (χ3v) is 4.85. The SMILES string of the molecule is Cc1ccc(CNCCC(=O)Nc2ccc(N3CCCCC3)cc2)cc1. The second-order valence-corrected chi connectivity index (χ2v) is 7.06. The summed E-state index contributed by atoms with van der Waals surface area (Å²) in [6.45, 7) is 5.82. The lowest BCUT2D eigenvalue weighted by Gasteiger charge is -2.28. The third kappa shape index (κ3) is 5.60. The number of nitrogens with zero attached hydrogens (tertiary/aromatic N) is 1. The number of benzene rings is 2. The number of aryl methyl sites for hydroxylation is 1. The molecule has 1 fully saturated rings. The van der Waals surface area contributed by atoms with E-state index >= 15 is 0 Å². The molecule has 0 saturated carbocycles. The summed E-state index contributed by atoms with van der Waals surface area (Å²) in [5.41, 5.74) is 4.63. The van der Waals surface area contributed by atoms with E-state index in [1.54, 1.807) is 0 Å². The van der Waals surface area contributed by atoms with Gasteiger partial charge in [-0.15, -0.1) is 0 Å². The van der Waals surface area contributed by atoms with E-state index in [-0.39, 0.29) is 5.91 Å². The molecule has 0 bridgehead atoms. The number of amides is 1. The van der Waals surface area contributed by atoms with Crippen molar-refractivity contribution in [3.63, 3.8) is 0 Å². The van der Waals surface area contributed by atoms with Crippen LogP contribution in [0.2, 0.25) is 0 Å². The lowest BCUT2D eigenvalue weighted by Crippen LogP contribution is -2.29. The topological polar surface area (TPSA) is 44.4 Å². The standard InChI is InChI=1S/C22H29N3O/c1-18-5-7-19(8-6-18)17-23-14-13-22(26)24-20-9-11-21(12-10-20)25-15-3-2-4-16-25/h5-12,23H,2-4,13-17H2,1H3,(H,24,26). The van der Waals surface area contributed by atoms with E-state index in [1.807, 2.05) is 12.1 Å². The summed E-state index contributed by atoms with van der Waals surface area (Å²) in [5, 5.41) is 6.30. The van der Waals surface area contributed by atoms with Gasteiger partial charge in [0.2, 0.25) is 5.91 Å². The molecule has 0 unspecified atom stereocenters. The van der Waals surface area contributed by atoms with Gasteiger partial charge < -0.3 is 15.5 Å². The third-order valence-electron chi connectivity index (χ3n) is 4.85. The average molecular weight is 351 g/mol. The molecule has 1 heterocycles. The predicted octanol–water partition coefficient (Wildman–Crippen LogP) is 4.10. The van der Waals surface area contributed by atoms with E-state index in [2.05, 4.69) is 58.9 Å². The zero-order valence-corrected chi connectivity index (χ0v) is 15.6. The van der Waals surface area contributed by atoms with Gasteiger partial charge in [-0.05, 0) is 56.0 Å². The average Bonchev–Trinajstić information content (AvgIpc) is 2.68. The van der Waals surface area contributed by atoms with Crippen molar-refractivity contribution in [1.29, 1.82) is 0 Å². The Morgan fingerprint density at radius 3 is 2.35 bits per heavy atom. The molecule has 2 aromatic carbocycles. The van der Waals surface area contributed by atoms with Crippen LogP contribution < -0.4 is 15.5 Å². The molecule has 4 heteroatoms. The lowest BCUT2D eigenvalue weighted by molar-refractivity contribution is -0.116. The zero-order valence-electron chi connectivity index (χ0n) is 15.6. The first-order valence-electron chi connectivity index (χ1n) is 9.62. The van der Waals surface area contributed by atoms with E-state index < -0.39 is 0 Å². The first-order chi connectivity index (χ1) is 12.7. The van der Waals surface area contributed by atoms with Gasteiger partial charge in [-0.2, -0.15) is 0 Å². The van der Waals surface area contributed by atoms with Gasteiger partial charge in [0.1, 0.15) is 0 Å². The Morgan fingerprint density at radius 2 is 1.65 bits per heavy atom. The van der Waals surface area contributed by atoms with Crippen molar-refractivity contribution in [3.8, 4) is 0 Å². The first-order valence-corrected chi connectivity index (χ1v) is 9.62. The van der Waals surface area contributed by atoms with Gasteiger partial charge >= 0.3 is 0 Å². The van der Waals surface area contributed by atoms with Crippen molar-refractivity contribution in [2.24, 2.45) is 0 Å². The Balaban J connectivity index is 1.38. The number of hydrogen-bond acceptors (Lipinski definition) is 3. The van der Waals surface area contributed by atoms with Gasteiger partial charge in [0, 0.05) is 44.0 Å². The van der Waals surface area contributed by atoms with Gasteiger partial charge in [0.05, 0.1) is 0 Å². The van der Waals surface area contributed by atoms with E-state index in [4.69, 9.17) is 0 Å². The maximum absolute atomic E-state index is 12.1. The molecule has 4 nitrogen and oxygen atoms in total. The van der Waals surface area contributed by atoms with Crippen LogP contribution in [0.5, 0.6) is 0 Å². The summed E-state index contributed by atoms with van der Waals surface area (Å²) in [7, 11) is 0. The quantitative estimate of drug-likeness (QED) is 0.738. The highest BCUT2D eigenvalue weighted by molar-refractivity contribution is 5.91. The molecule has 0 radical (unpaired) electrons. The molecule has 1 amide bonds. The maximum atomic E-state index is 12.1. The van der Waals surface area contributed by atoms with Gasteiger partial charge in [-0.3, -0.25) is 4.79 Å². The normalized spacial score (nSPS) is 14.3. The summed E-state index contributed by atoms with van der Waals surface area (Å²) in [6.07, 6.45) is 4.35. The number of carbonyl (C=O) groups is 1. The smallest absolute Gasteiger partial charge is 0.225 e. The van der Waals surface area contributed by atoms with Gasteiger partial charge in [-0.25, -0.2) is 0 Å². The van der Waals surface area contributed by atoms with Crippen LogP contribution in [-0.4, -0.2) is 25.5 Å². The summed E-state index contributed by atoms with van der Waals surface area (Å²) < 4.78 is 0. The van der Waals surface area contributed by atoms with Crippen molar-refractivity contribution in [2.45, 2.75) is 39.2 Å². The Hall–Kier alpha value is -2.33. The van der Waals surface area contributed by atoms with Crippen LogP contribution in [0, 0.1) is 6.92 Å². The minimum Gasteiger partial charge on any atom is -0.372 e. The summed E-state index contributed by atoms with van der Waals surface area (Å²) in [6, 6.07) is 16.7. The molecule has 0 aromatic heterocycles. The van der Waals surface area contributed by atoms with Crippen molar-refractivity contribution in [1.82, 2.24) is 5.32 Å². The van der Waals surface area contributed by atoms with Crippen LogP contribution in [0.25, 0.3) is 0 Å². The number of carbonyl (C=O) groups excluding carboxylic acids is 1. The minimum atomic E-state index is 0.0483. The van der Waals surface area contributed by atoms with Crippen LogP contribution in [0.15, 0.2) is 48.5 Å². The van der Waals surface area contributed by atoms with Gasteiger partial charge in [0.25, 0.3) is 0 Å². The molecular formula is C22H29N3O. The lowest BCUT2D eigenvalue weighted by atomic mass is 10.1. The van der Waals surface area contributed by atoms with Crippen LogP contribution in [0.4, 0.5) is 11.4 Å². The Kier molecular flexibility index (Phi) is 6.67. The largest absolute Gasteiger partial charge is 0.372 e. The summed E-state index contributed by atoms with van der Waals surface area (Å²) in [4.78, 5) is 14.5. The first kappa shape index (κ1) is 18.5. The molecule has 2 aromatic rings. The maximum Gasteiger partial charge on any atom is 0.225 e. The van der Waals surface area contributed by atoms with E-state index in [0.29, 0.717) is 13.0 Å². The molecule has 138 valence electrons. The monoisotopic (exact) mass is 351 g/mol. The van der Waals surface area contributed by atoms with Crippen LogP contribution in [0.1, 0.15) is 36.8 Å². The van der Waals surface area contributed by atoms with Gasteiger partial charge in [-0.1, -0.05) is 29.8 Å². The second kappa shape index (κ2) is 9.39. The molecule has 0 atom stereocenters. The molecule has 3 rings (SSSR count). The Morgan fingerprint density at radius 1 is 0.962 bits per heavy atom. The van der Waals surface area contributed by atoms with Crippen molar-refractivity contribution in [2.75, 3.05) is 29.9 Å². The number of nitrogens with one attached hydrogen (secondary N) is 2. The fourth-order valence-corrected chi connectivity index (χ4v) is 3.27. The number of rotatable bonds is 7. The fourth-order valence-electron chi connectivity index (χ4n) is 3.27. The van der Waals surface area contributed by atoms with Crippen molar-refractivity contribution < 1.29 is 4.79 Å². The van der Waals surface area contributed by atoms with Crippen molar-refractivity contribution >= 4 is 17.3 Å². The Bertz CT molecular complexity index is 688. The highest BCUT2D eigenvalue weighted by Gasteiger charge is 2.10. The van der Waals surface area contributed by atoms with Gasteiger partial charge in [0.15, 0.2) is 0 Å². The van der Waals surface area contributed by atoms with E-state index in [0.717, 1.165) is 25.3 Å². The fraction of sp³-hybridized carbons (Fsp3) is 0.409. The number of hydrogen-bond donors (Lipinski definition) is 2. The van der Waals surface area contributed by atoms with Crippen LogP contribution in [-0.2, 0) is 11.3 Å². The highest BCUT2D eigenvalue weighted by Crippen LogP contribution is 2.21. The molecule has 0 aliphatic carbocycles. The van der Waals surface area contributed by atoms with Crippen LogP contribution in [0.3, 0.4) is 0 Å².